The molecule has 8 nitrogen and oxygen atoms in total. The lowest BCUT2D eigenvalue weighted by molar-refractivity contribution is 0.0999. The summed E-state index contributed by atoms with van der Waals surface area (Å²) in [5.74, 6) is 1.40. The smallest absolute Gasteiger partial charge is 0.248 e. The Kier molecular flexibility index (Phi) is 5.96. The second-order valence-corrected chi connectivity index (χ2v) is 6.75. The standard InChI is InChI=1S/C22H24N6O2/c1-4-13-7-14(5-6-17(13)21(25)29)19-9-15(10-20(24)28-19)30-16-8-18(12(2)23)22(26-3)27-11-16/h5-11,23H,4H2,1-3H3,(H2,24,28)(H2,25,29)(H,26,27). The molecule has 0 saturated carbocycles. The Morgan fingerprint density at radius 2 is 1.93 bits per heavy atom. The lowest BCUT2D eigenvalue weighted by Crippen LogP contribution is -2.13. The summed E-state index contributed by atoms with van der Waals surface area (Å²) in [7, 11) is 1.75. The second-order valence-electron chi connectivity index (χ2n) is 6.75. The number of carbonyl (C=O) groups is 1. The SMILES string of the molecule is CCc1cc(-c2cc(Oc3cnc(NC)c(C(C)=N)c3)cc(N)n2)ccc1C(N)=O. The molecule has 0 bridgehead atoms. The van der Waals surface area contributed by atoms with Crippen LogP contribution in [0.3, 0.4) is 0 Å². The molecule has 0 aliphatic carbocycles. The van der Waals surface area contributed by atoms with Gasteiger partial charge in [-0.25, -0.2) is 9.97 Å². The summed E-state index contributed by atoms with van der Waals surface area (Å²) in [6.45, 7) is 3.64. The van der Waals surface area contributed by atoms with Gasteiger partial charge >= 0.3 is 0 Å². The van der Waals surface area contributed by atoms with Gasteiger partial charge in [0.05, 0.1) is 11.9 Å². The Hall–Kier alpha value is -3.94. The normalized spacial score (nSPS) is 10.5. The van der Waals surface area contributed by atoms with Crippen LogP contribution in [0.2, 0.25) is 0 Å². The predicted molar refractivity (Wildman–Crippen MR) is 118 cm³/mol. The van der Waals surface area contributed by atoms with Crippen LogP contribution in [0, 0.1) is 5.41 Å². The van der Waals surface area contributed by atoms with Gasteiger partial charge in [0.25, 0.3) is 0 Å². The highest BCUT2D eigenvalue weighted by molar-refractivity contribution is 6.00. The first-order valence-electron chi connectivity index (χ1n) is 9.44. The number of hydrogen-bond donors (Lipinski definition) is 4. The van der Waals surface area contributed by atoms with Crippen molar-refractivity contribution in [1.82, 2.24) is 9.97 Å². The molecule has 0 aliphatic heterocycles. The van der Waals surface area contributed by atoms with Crippen molar-refractivity contribution in [3.05, 3.63) is 59.3 Å². The predicted octanol–water partition coefficient (Wildman–Crippen LogP) is 3.61. The van der Waals surface area contributed by atoms with Gasteiger partial charge in [0.15, 0.2) is 0 Å². The van der Waals surface area contributed by atoms with E-state index >= 15 is 0 Å². The Morgan fingerprint density at radius 1 is 1.17 bits per heavy atom. The fraction of sp³-hybridized carbons (Fsp3) is 0.182. The maximum Gasteiger partial charge on any atom is 0.248 e. The number of aromatic nitrogens is 2. The number of anilines is 2. The first-order valence-corrected chi connectivity index (χ1v) is 9.44. The number of ether oxygens (including phenoxy) is 1. The molecule has 30 heavy (non-hydrogen) atoms. The quantitative estimate of drug-likeness (QED) is 0.443. The molecule has 0 radical (unpaired) electrons. The van der Waals surface area contributed by atoms with Gasteiger partial charge in [-0.1, -0.05) is 13.0 Å². The average Bonchev–Trinajstić information content (AvgIpc) is 2.72. The highest BCUT2D eigenvalue weighted by atomic mass is 16.5. The van der Waals surface area contributed by atoms with E-state index in [9.17, 15) is 4.79 Å². The van der Waals surface area contributed by atoms with Crippen LogP contribution in [-0.2, 0) is 6.42 Å². The highest BCUT2D eigenvalue weighted by Crippen LogP contribution is 2.30. The van der Waals surface area contributed by atoms with Crippen LogP contribution in [0.15, 0.2) is 42.6 Å². The molecule has 0 spiro atoms. The summed E-state index contributed by atoms with van der Waals surface area (Å²) in [5.41, 5.74) is 15.2. The Labute approximate surface area is 174 Å². The monoisotopic (exact) mass is 404 g/mol. The van der Waals surface area contributed by atoms with Crippen molar-refractivity contribution in [1.29, 1.82) is 5.41 Å². The third-order valence-corrected chi connectivity index (χ3v) is 4.61. The van der Waals surface area contributed by atoms with E-state index in [2.05, 4.69) is 15.3 Å². The minimum Gasteiger partial charge on any atom is -0.456 e. The topological polar surface area (TPSA) is 140 Å². The van der Waals surface area contributed by atoms with Crippen molar-refractivity contribution in [2.24, 2.45) is 5.73 Å². The summed E-state index contributed by atoms with van der Waals surface area (Å²) in [5, 5.41) is 10.9. The summed E-state index contributed by atoms with van der Waals surface area (Å²) >= 11 is 0. The zero-order chi connectivity index (χ0) is 21.8. The zero-order valence-electron chi connectivity index (χ0n) is 17.1. The number of nitrogens with one attached hydrogen (secondary N) is 2. The number of amides is 1. The Morgan fingerprint density at radius 3 is 2.57 bits per heavy atom. The number of benzene rings is 1. The van der Waals surface area contributed by atoms with E-state index in [0.717, 1.165) is 11.1 Å². The van der Waals surface area contributed by atoms with E-state index in [0.29, 0.717) is 52.1 Å². The molecule has 2 heterocycles. The van der Waals surface area contributed by atoms with E-state index in [1.807, 2.05) is 13.0 Å². The van der Waals surface area contributed by atoms with Crippen LogP contribution in [0.25, 0.3) is 11.3 Å². The fourth-order valence-corrected chi connectivity index (χ4v) is 3.14. The van der Waals surface area contributed by atoms with Crippen LogP contribution in [0.5, 0.6) is 11.5 Å². The molecule has 154 valence electrons. The van der Waals surface area contributed by atoms with Gasteiger partial charge in [-0.3, -0.25) is 4.79 Å². The minimum atomic E-state index is -0.460. The lowest BCUT2D eigenvalue weighted by atomic mass is 9.99. The molecular formula is C22H24N6O2. The Balaban J connectivity index is 1.98. The van der Waals surface area contributed by atoms with Crippen LogP contribution >= 0.6 is 0 Å². The lowest BCUT2D eigenvalue weighted by Gasteiger charge is -2.12. The summed E-state index contributed by atoms with van der Waals surface area (Å²) < 4.78 is 5.95. The van der Waals surface area contributed by atoms with Crippen LogP contribution in [0.1, 0.15) is 35.3 Å². The van der Waals surface area contributed by atoms with Crippen molar-refractivity contribution in [3.8, 4) is 22.8 Å². The van der Waals surface area contributed by atoms with Gasteiger partial charge in [0.1, 0.15) is 23.1 Å². The van der Waals surface area contributed by atoms with E-state index in [1.165, 1.54) is 0 Å². The molecule has 0 fully saturated rings. The van der Waals surface area contributed by atoms with Crippen LogP contribution < -0.4 is 21.5 Å². The van der Waals surface area contributed by atoms with E-state index in [4.69, 9.17) is 21.6 Å². The van der Waals surface area contributed by atoms with Gasteiger partial charge in [0.2, 0.25) is 5.91 Å². The highest BCUT2D eigenvalue weighted by Gasteiger charge is 2.12. The maximum atomic E-state index is 11.6. The largest absolute Gasteiger partial charge is 0.456 e. The molecule has 0 unspecified atom stereocenters. The van der Waals surface area contributed by atoms with E-state index < -0.39 is 5.91 Å². The molecular weight excluding hydrogens is 380 g/mol. The molecule has 0 atom stereocenters. The van der Waals surface area contributed by atoms with E-state index in [1.54, 1.807) is 50.5 Å². The molecule has 2 aromatic heterocycles. The van der Waals surface area contributed by atoms with E-state index in [-0.39, 0.29) is 0 Å². The van der Waals surface area contributed by atoms with Gasteiger partial charge in [-0.05, 0) is 37.1 Å². The van der Waals surface area contributed by atoms with Gasteiger partial charge in [0, 0.05) is 41.6 Å². The number of pyridine rings is 2. The molecule has 8 heteroatoms. The Bertz CT molecular complexity index is 1130. The number of nitrogen functional groups attached to an aromatic ring is 1. The summed E-state index contributed by atoms with van der Waals surface area (Å²) in [6.07, 6.45) is 2.23. The number of hydrogen-bond acceptors (Lipinski definition) is 7. The molecule has 3 rings (SSSR count). The fourth-order valence-electron chi connectivity index (χ4n) is 3.14. The van der Waals surface area contributed by atoms with Gasteiger partial charge < -0.3 is 26.9 Å². The molecule has 1 amide bonds. The van der Waals surface area contributed by atoms with Crippen molar-refractivity contribution in [2.75, 3.05) is 18.1 Å². The molecule has 1 aromatic carbocycles. The minimum absolute atomic E-state index is 0.294. The number of primary amides is 1. The van der Waals surface area contributed by atoms with Crippen LogP contribution in [0.4, 0.5) is 11.6 Å². The zero-order valence-corrected chi connectivity index (χ0v) is 17.1. The molecule has 0 saturated heterocycles. The van der Waals surface area contributed by atoms with Crippen molar-refractivity contribution in [3.63, 3.8) is 0 Å². The molecule has 3 aromatic rings. The molecule has 6 N–H and O–H groups in total. The number of carbonyl (C=O) groups excluding carboxylic acids is 1. The van der Waals surface area contributed by atoms with Crippen molar-refractivity contribution < 1.29 is 9.53 Å². The van der Waals surface area contributed by atoms with Gasteiger partial charge in [-0.2, -0.15) is 0 Å². The van der Waals surface area contributed by atoms with Crippen molar-refractivity contribution in [2.45, 2.75) is 20.3 Å². The van der Waals surface area contributed by atoms with Crippen molar-refractivity contribution >= 4 is 23.3 Å². The van der Waals surface area contributed by atoms with Crippen LogP contribution in [-0.4, -0.2) is 28.6 Å². The number of aryl methyl sites for hydroxylation is 1. The summed E-state index contributed by atoms with van der Waals surface area (Å²) in [6, 6.07) is 10.5. The maximum absolute atomic E-state index is 11.6. The molecule has 0 aliphatic rings. The second kappa shape index (κ2) is 8.60. The number of rotatable bonds is 7. The first kappa shape index (κ1) is 20.8. The number of nitrogens with two attached hydrogens (primary N) is 2. The third kappa shape index (κ3) is 4.38. The van der Waals surface area contributed by atoms with Gasteiger partial charge in [-0.15, -0.1) is 0 Å². The number of nitrogens with zero attached hydrogens (tertiary/aromatic N) is 2. The summed E-state index contributed by atoms with van der Waals surface area (Å²) in [4.78, 5) is 20.3. The first-order chi connectivity index (χ1) is 14.3. The third-order valence-electron chi connectivity index (χ3n) is 4.61. The average molecular weight is 404 g/mol.